The van der Waals surface area contributed by atoms with E-state index in [9.17, 15) is 14.7 Å². The molecule has 0 saturated heterocycles. The third-order valence-corrected chi connectivity index (χ3v) is 2.82. The Kier molecular flexibility index (Phi) is 4.87. The first-order valence-electron chi connectivity index (χ1n) is 6.28. The predicted molar refractivity (Wildman–Crippen MR) is 72.0 cm³/mol. The monoisotopic (exact) mass is 273 g/mol. The number of benzene rings is 1. The second-order valence-electron chi connectivity index (χ2n) is 5.50. The van der Waals surface area contributed by atoms with Crippen LogP contribution in [0, 0.1) is 11.3 Å². The molecule has 0 radical (unpaired) electrons. The standard InChI is InChI=1S/C15H18N2O3/c1-15(2,3)12-8-10(7-11(9-12)14(19)20)13(18)17-6-4-5-16/h7-9H,4,6H2,1-3H3,(H,17,18)(H,19,20)/p-1. The van der Waals surface area contributed by atoms with Crippen molar-refractivity contribution in [3.8, 4) is 6.07 Å². The lowest BCUT2D eigenvalue weighted by molar-refractivity contribution is -0.255. The molecule has 1 aromatic rings. The third-order valence-electron chi connectivity index (χ3n) is 2.82. The van der Waals surface area contributed by atoms with Crippen LogP contribution < -0.4 is 10.4 Å². The fourth-order valence-electron chi connectivity index (χ4n) is 1.64. The van der Waals surface area contributed by atoms with E-state index in [4.69, 9.17) is 5.26 Å². The van der Waals surface area contributed by atoms with Gasteiger partial charge in [-0.05, 0) is 34.7 Å². The highest BCUT2D eigenvalue weighted by atomic mass is 16.4. The van der Waals surface area contributed by atoms with Crippen molar-refractivity contribution >= 4 is 11.9 Å². The minimum atomic E-state index is -1.32. The molecule has 1 rings (SSSR count). The molecule has 0 saturated carbocycles. The van der Waals surface area contributed by atoms with E-state index in [-0.39, 0.29) is 29.5 Å². The summed E-state index contributed by atoms with van der Waals surface area (Å²) in [5.41, 5.74) is 0.690. The minimum absolute atomic E-state index is 0.0251. The van der Waals surface area contributed by atoms with Crippen molar-refractivity contribution in [2.24, 2.45) is 0 Å². The molecule has 1 aromatic carbocycles. The summed E-state index contributed by atoms with van der Waals surface area (Å²) in [4.78, 5) is 23.0. The van der Waals surface area contributed by atoms with Crippen LogP contribution in [0.3, 0.4) is 0 Å². The smallest absolute Gasteiger partial charge is 0.251 e. The van der Waals surface area contributed by atoms with Crippen LogP contribution in [-0.2, 0) is 5.41 Å². The molecule has 5 nitrogen and oxygen atoms in total. The molecule has 0 aromatic heterocycles. The van der Waals surface area contributed by atoms with Crippen LogP contribution in [0.25, 0.3) is 0 Å². The fraction of sp³-hybridized carbons (Fsp3) is 0.400. The van der Waals surface area contributed by atoms with Crippen LogP contribution >= 0.6 is 0 Å². The zero-order valence-electron chi connectivity index (χ0n) is 11.8. The predicted octanol–water partition coefficient (Wildman–Crippen LogP) is 0.991. The Labute approximate surface area is 118 Å². The Morgan fingerprint density at radius 2 is 1.85 bits per heavy atom. The van der Waals surface area contributed by atoms with Gasteiger partial charge in [0.05, 0.1) is 18.5 Å². The van der Waals surface area contributed by atoms with E-state index in [1.165, 1.54) is 12.1 Å². The molecule has 106 valence electrons. The van der Waals surface area contributed by atoms with Gasteiger partial charge in [-0.1, -0.05) is 20.8 Å². The second-order valence-corrected chi connectivity index (χ2v) is 5.50. The maximum absolute atomic E-state index is 11.9. The zero-order valence-corrected chi connectivity index (χ0v) is 11.8. The second kappa shape index (κ2) is 6.20. The summed E-state index contributed by atoms with van der Waals surface area (Å²) in [5, 5.41) is 22.0. The highest BCUT2D eigenvalue weighted by molar-refractivity contribution is 5.97. The molecular weight excluding hydrogens is 256 g/mol. The van der Waals surface area contributed by atoms with E-state index in [0.29, 0.717) is 0 Å². The SMILES string of the molecule is CC(C)(C)c1cc(C(=O)[O-])cc(C(=O)NCCC#N)c1. The first kappa shape index (κ1) is 15.7. The number of rotatable bonds is 4. The summed E-state index contributed by atoms with van der Waals surface area (Å²) < 4.78 is 0. The van der Waals surface area contributed by atoms with Gasteiger partial charge in [-0.2, -0.15) is 5.26 Å². The number of aromatic carboxylic acids is 1. The van der Waals surface area contributed by atoms with E-state index < -0.39 is 11.9 Å². The lowest BCUT2D eigenvalue weighted by atomic mass is 9.85. The molecule has 0 aliphatic rings. The number of hydrogen-bond acceptors (Lipinski definition) is 4. The number of carboxylic acid groups (broad SMARTS) is 1. The molecule has 20 heavy (non-hydrogen) atoms. The molecule has 0 atom stereocenters. The molecular formula is C15H17N2O3-. The Morgan fingerprint density at radius 1 is 1.25 bits per heavy atom. The summed E-state index contributed by atoms with van der Waals surface area (Å²) in [7, 11) is 0. The molecule has 0 aliphatic carbocycles. The van der Waals surface area contributed by atoms with E-state index in [2.05, 4.69) is 5.32 Å². The number of carbonyl (C=O) groups excluding carboxylic acids is 2. The molecule has 0 fully saturated rings. The van der Waals surface area contributed by atoms with Gasteiger partial charge in [0, 0.05) is 12.1 Å². The van der Waals surface area contributed by atoms with Gasteiger partial charge in [0.25, 0.3) is 5.91 Å². The Morgan fingerprint density at radius 3 is 2.35 bits per heavy atom. The van der Waals surface area contributed by atoms with Crippen molar-refractivity contribution in [1.82, 2.24) is 5.32 Å². The number of carbonyl (C=O) groups is 2. The number of nitrogens with one attached hydrogen (secondary N) is 1. The minimum Gasteiger partial charge on any atom is -0.545 e. The Bertz CT molecular complexity index is 565. The van der Waals surface area contributed by atoms with Crippen molar-refractivity contribution in [3.05, 3.63) is 34.9 Å². The maximum atomic E-state index is 11.9. The molecule has 0 unspecified atom stereocenters. The van der Waals surface area contributed by atoms with Crippen LogP contribution in [-0.4, -0.2) is 18.4 Å². The summed E-state index contributed by atoms with van der Waals surface area (Å²) in [6.45, 7) is 6.02. The molecule has 1 amide bonds. The Balaban J connectivity index is 3.13. The average molecular weight is 273 g/mol. The van der Waals surface area contributed by atoms with Gasteiger partial charge in [-0.15, -0.1) is 0 Å². The average Bonchev–Trinajstić information content (AvgIpc) is 2.37. The summed E-state index contributed by atoms with van der Waals surface area (Å²) in [5.74, 6) is -1.71. The van der Waals surface area contributed by atoms with E-state index in [0.717, 1.165) is 5.56 Å². The highest BCUT2D eigenvalue weighted by Gasteiger charge is 2.17. The third kappa shape index (κ3) is 4.09. The van der Waals surface area contributed by atoms with Crippen molar-refractivity contribution in [2.45, 2.75) is 32.6 Å². The normalized spacial score (nSPS) is 10.7. The Hall–Kier alpha value is -2.35. The van der Waals surface area contributed by atoms with Gasteiger partial charge < -0.3 is 15.2 Å². The van der Waals surface area contributed by atoms with Crippen molar-refractivity contribution < 1.29 is 14.7 Å². The molecule has 0 aliphatic heterocycles. The van der Waals surface area contributed by atoms with Crippen molar-refractivity contribution in [3.63, 3.8) is 0 Å². The van der Waals surface area contributed by atoms with Gasteiger partial charge in [0.2, 0.25) is 0 Å². The number of hydrogen-bond donors (Lipinski definition) is 1. The molecule has 5 heteroatoms. The molecule has 0 heterocycles. The fourth-order valence-corrected chi connectivity index (χ4v) is 1.64. The molecule has 0 bridgehead atoms. The van der Waals surface area contributed by atoms with Crippen LogP contribution in [0.1, 0.15) is 53.5 Å². The number of nitrogens with zero attached hydrogens (tertiary/aromatic N) is 1. The summed E-state index contributed by atoms with van der Waals surface area (Å²) in [6, 6.07) is 6.38. The zero-order chi connectivity index (χ0) is 15.3. The molecule has 1 N–H and O–H groups in total. The highest BCUT2D eigenvalue weighted by Crippen LogP contribution is 2.24. The van der Waals surface area contributed by atoms with Gasteiger partial charge in [0.15, 0.2) is 0 Å². The summed E-state index contributed by atoms with van der Waals surface area (Å²) >= 11 is 0. The van der Waals surface area contributed by atoms with Crippen LogP contribution in [0.15, 0.2) is 18.2 Å². The number of amides is 1. The largest absolute Gasteiger partial charge is 0.545 e. The van der Waals surface area contributed by atoms with E-state index in [1.54, 1.807) is 6.07 Å². The van der Waals surface area contributed by atoms with Crippen LogP contribution in [0.4, 0.5) is 0 Å². The van der Waals surface area contributed by atoms with Gasteiger partial charge in [0.1, 0.15) is 0 Å². The summed E-state index contributed by atoms with van der Waals surface area (Å²) in [6.07, 6.45) is 0.206. The van der Waals surface area contributed by atoms with Gasteiger partial charge >= 0.3 is 0 Å². The number of nitriles is 1. The van der Waals surface area contributed by atoms with Gasteiger partial charge in [-0.3, -0.25) is 4.79 Å². The molecule has 0 spiro atoms. The quantitative estimate of drug-likeness (QED) is 0.828. The van der Waals surface area contributed by atoms with Crippen molar-refractivity contribution in [2.75, 3.05) is 6.54 Å². The van der Waals surface area contributed by atoms with Crippen molar-refractivity contribution in [1.29, 1.82) is 5.26 Å². The van der Waals surface area contributed by atoms with E-state index in [1.807, 2.05) is 26.8 Å². The topological polar surface area (TPSA) is 93.0 Å². The van der Waals surface area contributed by atoms with E-state index >= 15 is 0 Å². The lowest BCUT2D eigenvalue weighted by Gasteiger charge is -2.21. The van der Waals surface area contributed by atoms with Crippen LogP contribution in [0.5, 0.6) is 0 Å². The van der Waals surface area contributed by atoms with Crippen LogP contribution in [0.2, 0.25) is 0 Å². The number of carboxylic acids is 1. The first-order chi connectivity index (χ1) is 9.25. The first-order valence-corrected chi connectivity index (χ1v) is 6.28. The lowest BCUT2D eigenvalue weighted by Crippen LogP contribution is -2.27. The maximum Gasteiger partial charge on any atom is 0.251 e. The van der Waals surface area contributed by atoms with Gasteiger partial charge in [-0.25, -0.2) is 0 Å².